The molecule has 0 unspecified atom stereocenters. The number of H-pyrrole nitrogens is 1. The van der Waals surface area contributed by atoms with Gasteiger partial charge in [-0.05, 0) is 13.3 Å². The summed E-state index contributed by atoms with van der Waals surface area (Å²) in [6.45, 7) is 9.83. The van der Waals surface area contributed by atoms with E-state index in [2.05, 4.69) is 26.7 Å². The number of imidazole rings is 1. The monoisotopic (exact) mass is 498 g/mol. The van der Waals surface area contributed by atoms with Crippen LogP contribution in [0.2, 0.25) is 0 Å². The van der Waals surface area contributed by atoms with Gasteiger partial charge in [0.15, 0.2) is 16.1 Å². The molecule has 0 spiro atoms. The third-order valence-electron chi connectivity index (χ3n) is 6.59. The summed E-state index contributed by atoms with van der Waals surface area (Å²) in [4.78, 5) is 54.5. The van der Waals surface area contributed by atoms with E-state index in [1.807, 2.05) is 16.9 Å². The molecular formula is C23H30N8O3S. The number of nitrogens with zero attached hydrogens (tertiary/aromatic N) is 7. The molecule has 4 aromatic heterocycles. The van der Waals surface area contributed by atoms with Crippen LogP contribution in [0.5, 0.6) is 0 Å². The van der Waals surface area contributed by atoms with Gasteiger partial charge in [-0.3, -0.25) is 33.3 Å². The molecule has 1 N–H and O–H groups in total. The zero-order chi connectivity index (χ0) is 24.5. The highest BCUT2D eigenvalue weighted by Gasteiger charge is 2.22. The number of rotatable bonds is 8. The summed E-state index contributed by atoms with van der Waals surface area (Å²) in [5, 5.41) is 1.87. The standard InChI is InChI=1S/C23H30N8O3S/c1-3-5-6-31-20-19(21(33)26-22(31)34)29(4-2)17(25-20)15-28-9-7-27(8-10-28)14-16-13-18(32)30-11-12-35-23(30)24-16/h11-13H,3-10,14-15H2,1-2H3,(H,26,33,34). The maximum Gasteiger partial charge on any atom is 0.330 e. The fraction of sp³-hybridized carbons (Fsp3) is 0.522. The molecule has 186 valence electrons. The maximum atomic E-state index is 12.6. The molecule has 1 aliphatic heterocycles. The summed E-state index contributed by atoms with van der Waals surface area (Å²) in [6.07, 6.45) is 3.54. The molecule has 5 heterocycles. The number of hydrogen-bond acceptors (Lipinski definition) is 8. The minimum absolute atomic E-state index is 0.0456. The van der Waals surface area contributed by atoms with E-state index in [-0.39, 0.29) is 11.1 Å². The van der Waals surface area contributed by atoms with Crippen LogP contribution in [0.15, 0.2) is 32.0 Å². The molecule has 1 aliphatic rings. The summed E-state index contributed by atoms with van der Waals surface area (Å²) in [6, 6.07) is 1.62. The Labute approximate surface area is 205 Å². The quantitative estimate of drug-likeness (QED) is 0.387. The molecule has 1 fully saturated rings. The lowest BCUT2D eigenvalue weighted by Crippen LogP contribution is -2.45. The largest absolute Gasteiger partial charge is 0.330 e. The summed E-state index contributed by atoms with van der Waals surface area (Å²) in [5.74, 6) is 0.801. The van der Waals surface area contributed by atoms with E-state index >= 15 is 0 Å². The Morgan fingerprint density at radius 2 is 1.74 bits per heavy atom. The van der Waals surface area contributed by atoms with Crippen molar-refractivity contribution < 1.29 is 0 Å². The van der Waals surface area contributed by atoms with Gasteiger partial charge in [0, 0.05) is 63.5 Å². The van der Waals surface area contributed by atoms with Gasteiger partial charge < -0.3 is 4.57 Å². The van der Waals surface area contributed by atoms with Crippen LogP contribution >= 0.6 is 11.3 Å². The van der Waals surface area contributed by atoms with Gasteiger partial charge in [0.05, 0.1) is 12.2 Å². The predicted molar refractivity (Wildman–Crippen MR) is 135 cm³/mol. The molecule has 1 saturated heterocycles. The highest BCUT2D eigenvalue weighted by Crippen LogP contribution is 2.16. The Morgan fingerprint density at radius 1 is 1.00 bits per heavy atom. The average Bonchev–Trinajstić information content (AvgIpc) is 3.45. The smallest absolute Gasteiger partial charge is 0.321 e. The number of aromatic amines is 1. The average molecular weight is 499 g/mol. The summed E-state index contributed by atoms with van der Waals surface area (Å²) >= 11 is 1.46. The van der Waals surface area contributed by atoms with Gasteiger partial charge in [-0.2, -0.15) is 0 Å². The Morgan fingerprint density at radius 3 is 2.46 bits per heavy atom. The van der Waals surface area contributed by atoms with Crippen LogP contribution in [-0.2, 0) is 26.2 Å². The Kier molecular flexibility index (Phi) is 6.67. The molecule has 0 aliphatic carbocycles. The lowest BCUT2D eigenvalue weighted by Gasteiger charge is -2.34. The van der Waals surface area contributed by atoms with Crippen LogP contribution in [0.4, 0.5) is 0 Å². The van der Waals surface area contributed by atoms with Crippen molar-refractivity contribution in [1.29, 1.82) is 0 Å². The first-order chi connectivity index (χ1) is 17.0. The Balaban J connectivity index is 1.31. The third kappa shape index (κ3) is 4.60. The highest BCUT2D eigenvalue weighted by atomic mass is 32.1. The first kappa shape index (κ1) is 23.6. The summed E-state index contributed by atoms with van der Waals surface area (Å²) < 4.78 is 5.09. The molecule has 12 heteroatoms. The van der Waals surface area contributed by atoms with Crippen molar-refractivity contribution >= 4 is 27.5 Å². The molecule has 5 rings (SSSR count). The topological polar surface area (TPSA) is 114 Å². The van der Waals surface area contributed by atoms with Gasteiger partial charge in [0.25, 0.3) is 11.1 Å². The van der Waals surface area contributed by atoms with Gasteiger partial charge in [-0.25, -0.2) is 14.8 Å². The number of fused-ring (bicyclic) bond motifs is 2. The summed E-state index contributed by atoms with van der Waals surface area (Å²) in [5.41, 5.74) is 0.918. The van der Waals surface area contributed by atoms with Gasteiger partial charge >= 0.3 is 5.69 Å². The van der Waals surface area contributed by atoms with Gasteiger partial charge in [-0.15, -0.1) is 11.3 Å². The van der Waals surface area contributed by atoms with Crippen molar-refractivity contribution in [3.63, 3.8) is 0 Å². The van der Waals surface area contributed by atoms with Crippen molar-refractivity contribution in [1.82, 2.24) is 38.3 Å². The van der Waals surface area contributed by atoms with Crippen LogP contribution in [0, 0.1) is 0 Å². The van der Waals surface area contributed by atoms with Gasteiger partial charge in [0.2, 0.25) is 0 Å². The number of unbranched alkanes of at least 4 members (excludes halogenated alkanes) is 1. The number of hydrogen-bond donors (Lipinski definition) is 1. The van der Waals surface area contributed by atoms with Crippen LogP contribution < -0.4 is 16.8 Å². The van der Waals surface area contributed by atoms with Crippen LogP contribution in [-0.4, -0.2) is 64.5 Å². The number of piperazine rings is 1. The minimum Gasteiger partial charge on any atom is -0.321 e. The fourth-order valence-electron chi connectivity index (χ4n) is 4.71. The second-order valence-corrected chi connectivity index (χ2v) is 9.78. The van der Waals surface area contributed by atoms with E-state index in [4.69, 9.17) is 4.98 Å². The van der Waals surface area contributed by atoms with Gasteiger partial charge in [0.1, 0.15) is 5.82 Å². The van der Waals surface area contributed by atoms with E-state index < -0.39 is 5.69 Å². The molecule has 0 aromatic carbocycles. The SMILES string of the molecule is CCCCn1c(=O)[nH]c(=O)c2c1nc(CN1CCN(Cc3cc(=O)n4ccsc4n3)CC1)n2CC. The van der Waals surface area contributed by atoms with Crippen LogP contribution in [0.1, 0.15) is 38.2 Å². The van der Waals surface area contributed by atoms with E-state index in [1.165, 1.54) is 11.3 Å². The molecule has 35 heavy (non-hydrogen) atoms. The van der Waals surface area contributed by atoms with Crippen molar-refractivity contribution in [3.05, 3.63) is 60.4 Å². The van der Waals surface area contributed by atoms with Crippen molar-refractivity contribution in [2.24, 2.45) is 0 Å². The van der Waals surface area contributed by atoms with Gasteiger partial charge in [-0.1, -0.05) is 13.3 Å². The first-order valence-electron chi connectivity index (χ1n) is 12.1. The third-order valence-corrected chi connectivity index (χ3v) is 7.34. The van der Waals surface area contributed by atoms with E-state index in [0.717, 1.165) is 55.5 Å². The normalized spacial score (nSPS) is 15.5. The Hall–Kier alpha value is -3.09. The van der Waals surface area contributed by atoms with E-state index in [0.29, 0.717) is 37.3 Å². The number of aryl methyl sites for hydroxylation is 2. The minimum atomic E-state index is -0.397. The molecule has 4 aromatic rings. The molecule has 0 amide bonds. The number of nitrogens with one attached hydrogen (secondary N) is 1. The molecule has 0 saturated carbocycles. The Bertz CT molecular complexity index is 1520. The molecule has 0 atom stereocenters. The second-order valence-electron chi connectivity index (χ2n) is 8.90. The molecular weight excluding hydrogens is 468 g/mol. The highest BCUT2D eigenvalue weighted by molar-refractivity contribution is 7.15. The van der Waals surface area contributed by atoms with Crippen LogP contribution in [0.3, 0.4) is 0 Å². The molecule has 11 nitrogen and oxygen atoms in total. The molecule has 0 radical (unpaired) electrons. The second kappa shape index (κ2) is 9.88. The van der Waals surface area contributed by atoms with E-state index in [9.17, 15) is 14.4 Å². The fourth-order valence-corrected chi connectivity index (χ4v) is 5.44. The van der Waals surface area contributed by atoms with Crippen molar-refractivity contribution in [2.75, 3.05) is 26.2 Å². The predicted octanol–water partition coefficient (Wildman–Crippen LogP) is 1.09. The van der Waals surface area contributed by atoms with Crippen molar-refractivity contribution in [3.8, 4) is 0 Å². The van der Waals surface area contributed by atoms with Crippen molar-refractivity contribution in [2.45, 2.75) is 52.9 Å². The maximum absolute atomic E-state index is 12.6. The van der Waals surface area contributed by atoms with E-state index in [1.54, 1.807) is 21.2 Å². The lowest BCUT2D eigenvalue weighted by molar-refractivity contribution is 0.118. The zero-order valence-electron chi connectivity index (χ0n) is 20.1. The van der Waals surface area contributed by atoms with Crippen LogP contribution in [0.25, 0.3) is 16.1 Å². The zero-order valence-corrected chi connectivity index (χ0v) is 20.9. The first-order valence-corrected chi connectivity index (χ1v) is 13.0. The lowest BCUT2D eigenvalue weighted by atomic mass is 10.2. The number of aromatic nitrogens is 6. The molecule has 0 bridgehead atoms. The summed E-state index contributed by atoms with van der Waals surface area (Å²) in [7, 11) is 0. The number of thiazole rings is 1.